The average molecular weight is 202 g/mol. The number of carbonyl (C=O) groups excluding carboxylic acids is 1. The van der Waals surface area contributed by atoms with Crippen molar-refractivity contribution in [2.24, 2.45) is 0 Å². The minimum absolute atomic E-state index is 0.549. The van der Waals surface area contributed by atoms with E-state index in [9.17, 15) is 4.79 Å². The molecule has 76 valence electrons. The van der Waals surface area contributed by atoms with E-state index >= 15 is 0 Å². The largest absolute Gasteiger partial charge is 0.472 e. The van der Waals surface area contributed by atoms with Crippen molar-refractivity contribution in [3.8, 4) is 0 Å². The highest BCUT2D eigenvalue weighted by Gasteiger charge is 2.01. The molecule has 3 nitrogen and oxygen atoms in total. The Morgan fingerprint density at radius 3 is 2.20 bits per heavy atom. The predicted molar refractivity (Wildman–Crippen MR) is 56.5 cm³/mol. The van der Waals surface area contributed by atoms with E-state index in [-0.39, 0.29) is 0 Å². The molecule has 0 unspecified atom stereocenters. The molecule has 0 N–H and O–H groups in total. The van der Waals surface area contributed by atoms with Gasteiger partial charge in [0.05, 0.1) is 24.4 Å². The lowest BCUT2D eigenvalue weighted by Gasteiger charge is -1.88. The van der Waals surface area contributed by atoms with Crippen molar-refractivity contribution >= 4 is 18.4 Å². The molecule has 0 aliphatic rings. The van der Waals surface area contributed by atoms with E-state index in [2.05, 4.69) is 0 Å². The minimum Gasteiger partial charge on any atom is -0.472 e. The van der Waals surface area contributed by atoms with Crippen molar-refractivity contribution in [2.45, 2.75) is 6.92 Å². The van der Waals surface area contributed by atoms with Gasteiger partial charge in [-0.15, -0.1) is 0 Å². The zero-order valence-corrected chi connectivity index (χ0v) is 8.27. The lowest BCUT2D eigenvalue weighted by Crippen LogP contribution is -1.77. The SMILES string of the molecule is Cc1cocc1C=Cc1cocc1C=O. The van der Waals surface area contributed by atoms with Crippen molar-refractivity contribution in [2.75, 3.05) is 0 Å². The smallest absolute Gasteiger partial charge is 0.153 e. The Morgan fingerprint density at radius 2 is 1.53 bits per heavy atom. The highest BCUT2D eigenvalue weighted by atomic mass is 16.3. The molecule has 0 bridgehead atoms. The fourth-order valence-electron chi connectivity index (χ4n) is 1.27. The minimum atomic E-state index is 0.549. The number of hydrogen-bond acceptors (Lipinski definition) is 3. The summed E-state index contributed by atoms with van der Waals surface area (Å²) in [5.41, 5.74) is 3.37. The van der Waals surface area contributed by atoms with Crippen molar-refractivity contribution in [1.82, 2.24) is 0 Å². The van der Waals surface area contributed by atoms with Crippen LogP contribution in [0.15, 0.2) is 33.9 Å². The second-order valence-electron chi connectivity index (χ2n) is 3.24. The molecule has 0 aliphatic carbocycles. The quantitative estimate of drug-likeness (QED) is 0.718. The summed E-state index contributed by atoms with van der Waals surface area (Å²) in [6.07, 6.45) is 10.8. The van der Waals surface area contributed by atoms with Gasteiger partial charge in [-0.1, -0.05) is 12.2 Å². The Labute approximate surface area is 87.0 Å². The van der Waals surface area contributed by atoms with Crippen LogP contribution in [0.25, 0.3) is 12.2 Å². The van der Waals surface area contributed by atoms with Crippen LogP contribution >= 0.6 is 0 Å². The van der Waals surface area contributed by atoms with E-state index in [4.69, 9.17) is 8.83 Å². The molecule has 0 radical (unpaired) electrons. The molecule has 0 atom stereocenters. The van der Waals surface area contributed by atoms with E-state index < -0.39 is 0 Å². The fourth-order valence-corrected chi connectivity index (χ4v) is 1.27. The molecule has 0 saturated carbocycles. The molecule has 3 heteroatoms. The highest BCUT2D eigenvalue weighted by molar-refractivity contribution is 5.84. The van der Waals surface area contributed by atoms with Crippen LogP contribution < -0.4 is 0 Å². The summed E-state index contributed by atoms with van der Waals surface area (Å²) in [7, 11) is 0. The lowest BCUT2D eigenvalue weighted by atomic mass is 10.1. The third-order valence-corrected chi connectivity index (χ3v) is 2.19. The van der Waals surface area contributed by atoms with Gasteiger partial charge in [0.25, 0.3) is 0 Å². The molecule has 2 heterocycles. The summed E-state index contributed by atoms with van der Waals surface area (Å²) in [4.78, 5) is 10.6. The topological polar surface area (TPSA) is 43.4 Å². The molecule has 2 aromatic rings. The first kappa shape index (κ1) is 9.52. The molecule has 0 amide bonds. The Morgan fingerprint density at radius 1 is 0.933 bits per heavy atom. The van der Waals surface area contributed by atoms with E-state index in [0.717, 1.165) is 23.0 Å². The van der Waals surface area contributed by atoms with Crippen molar-refractivity contribution in [1.29, 1.82) is 0 Å². The van der Waals surface area contributed by atoms with Gasteiger partial charge in [0.15, 0.2) is 6.29 Å². The normalized spacial score (nSPS) is 11.0. The molecule has 0 spiro atoms. The Kier molecular flexibility index (Phi) is 2.54. The number of furan rings is 2. The van der Waals surface area contributed by atoms with E-state index in [1.54, 1.807) is 12.5 Å². The first-order valence-corrected chi connectivity index (χ1v) is 4.53. The van der Waals surface area contributed by atoms with Gasteiger partial charge in [-0.25, -0.2) is 0 Å². The number of aryl methyl sites for hydroxylation is 1. The van der Waals surface area contributed by atoms with Crippen molar-refractivity contribution in [3.63, 3.8) is 0 Å². The summed E-state index contributed by atoms with van der Waals surface area (Å²) in [6.45, 7) is 1.96. The zero-order chi connectivity index (χ0) is 10.7. The number of carbonyl (C=O) groups is 1. The van der Waals surface area contributed by atoms with Gasteiger partial charge in [-0.2, -0.15) is 0 Å². The molecular weight excluding hydrogens is 192 g/mol. The van der Waals surface area contributed by atoms with Crippen LogP contribution in [0.2, 0.25) is 0 Å². The van der Waals surface area contributed by atoms with Gasteiger partial charge in [0, 0.05) is 11.1 Å². The van der Waals surface area contributed by atoms with Crippen LogP contribution in [0.1, 0.15) is 27.0 Å². The molecule has 0 aromatic carbocycles. The van der Waals surface area contributed by atoms with Crippen LogP contribution in [-0.2, 0) is 0 Å². The van der Waals surface area contributed by atoms with Crippen LogP contribution in [0.4, 0.5) is 0 Å². The van der Waals surface area contributed by atoms with Gasteiger partial charge in [-0.3, -0.25) is 4.79 Å². The standard InChI is InChI=1S/C12H10O3/c1-9-5-14-6-10(9)2-3-11-7-15-8-12(11)4-13/h2-8H,1H3. The Hall–Kier alpha value is -2.03. The Bertz CT molecular complexity index is 488. The third-order valence-electron chi connectivity index (χ3n) is 2.19. The summed E-state index contributed by atoms with van der Waals surface area (Å²) >= 11 is 0. The van der Waals surface area contributed by atoms with Crippen LogP contribution in [-0.4, -0.2) is 6.29 Å². The lowest BCUT2D eigenvalue weighted by molar-refractivity contribution is 0.112. The second-order valence-corrected chi connectivity index (χ2v) is 3.24. The number of rotatable bonds is 3. The maximum absolute atomic E-state index is 10.6. The monoisotopic (exact) mass is 202 g/mol. The summed E-state index contributed by atoms with van der Waals surface area (Å²) in [5.74, 6) is 0. The maximum Gasteiger partial charge on any atom is 0.153 e. The molecular formula is C12H10O3. The first-order valence-electron chi connectivity index (χ1n) is 4.53. The number of hydrogen-bond donors (Lipinski definition) is 0. The predicted octanol–water partition coefficient (Wildman–Crippen LogP) is 3.16. The summed E-state index contributed by atoms with van der Waals surface area (Å²) in [5, 5.41) is 0. The van der Waals surface area contributed by atoms with Gasteiger partial charge < -0.3 is 8.83 Å². The molecule has 15 heavy (non-hydrogen) atoms. The summed E-state index contributed by atoms with van der Waals surface area (Å²) < 4.78 is 9.96. The van der Waals surface area contributed by atoms with Crippen molar-refractivity contribution in [3.05, 3.63) is 47.3 Å². The van der Waals surface area contributed by atoms with Gasteiger partial charge in [0.2, 0.25) is 0 Å². The second kappa shape index (κ2) is 4.00. The van der Waals surface area contributed by atoms with Gasteiger partial charge in [0.1, 0.15) is 6.26 Å². The molecule has 2 aromatic heterocycles. The Balaban J connectivity index is 2.25. The zero-order valence-electron chi connectivity index (χ0n) is 8.27. The van der Waals surface area contributed by atoms with E-state index in [1.165, 1.54) is 12.5 Å². The average Bonchev–Trinajstić information content (AvgIpc) is 2.83. The van der Waals surface area contributed by atoms with E-state index in [0.29, 0.717) is 5.56 Å². The molecule has 0 saturated heterocycles. The fraction of sp³-hybridized carbons (Fsp3) is 0.0833. The number of aldehydes is 1. The van der Waals surface area contributed by atoms with Gasteiger partial charge in [-0.05, 0) is 12.5 Å². The van der Waals surface area contributed by atoms with Crippen molar-refractivity contribution < 1.29 is 13.6 Å². The molecule has 2 rings (SSSR count). The van der Waals surface area contributed by atoms with Crippen LogP contribution in [0.3, 0.4) is 0 Å². The third kappa shape index (κ3) is 1.91. The molecule has 0 aliphatic heterocycles. The van der Waals surface area contributed by atoms with Crippen LogP contribution in [0.5, 0.6) is 0 Å². The maximum atomic E-state index is 10.6. The van der Waals surface area contributed by atoms with Gasteiger partial charge >= 0.3 is 0 Å². The highest BCUT2D eigenvalue weighted by Crippen LogP contribution is 2.15. The van der Waals surface area contributed by atoms with Crippen LogP contribution in [0, 0.1) is 6.92 Å². The van der Waals surface area contributed by atoms with E-state index in [1.807, 2.05) is 19.1 Å². The first-order chi connectivity index (χ1) is 7.31. The summed E-state index contributed by atoms with van der Waals surface area (Å²) in [6, 6.07) is 0. The molecule has 0 fully saturated rings.